The largest absolute Gasteiger partial charge is 0.341 e. The van der Waals surface area contributed by atoms with E-state index >= 15 is 0 Å². The zero-order valence-corrected chi connectivity index (χ0v) is 15.1. The highest BCUT2D eigenvalue weighted by molar-refractivity contribution is 5.85. The highest BCUT2D eigenvalue weighted by Gasteiger charge is 2.29. The molecule has 0 radical (unpaired) electrons. The average Bonchev–Trinajstić information content (AvgIpc) is 2.91. The van der Waals surface area contributed by atoms with Crippen molar-refractivity contribution < 1.29 is 9.59 Å². The number of hydrogen-bond donors (Lipinski definition) is 2. The molecule has 2 saturated heterocycles. The van der Waals surface area contributed by atoms with Crippen LogP contribution >= 0.6 is 12.4 Å². The van der Waals surface area contributed by atoms with Crippen molar-refractivity contribution in [2.75, 3.05) is 32.7 Å². The van der Waals surface area contributed by atoms with Crippen LogP contribution in [0.15, 0.2) is 0 Å². The molecule has 6 nitrogen and oxygen atoms in total. The van der Waals surface area contributed by atoms with Gasteiger partial charge in [-0.05, 0) is 31.1 Å². The standard InChI is InChI=1S/C16H30N4O2.ClH/c1-12(2)9-18-16(22)20-6-3-4-13(10-20)8-15(21)19-7-5-14(17)11-19;/h12-14H,3-11,17H2,1-2H3,(H,18,22);1H/t13?,14-;/m1./s1. The maximum Gasteiger partial charge on any atom is 0.317 e. The summed E-state index contributed by atoms with van der Waals surface area (Å²) in [7, 11) is 0. The van der Waals surface area contributed by atoms with Crippen LogP contribution in [0, 0.1) is 11.8 Å². The van der Waals surface area contributed by atoms with Gasteiger partial charge in [0, 0.05) is 45.2 Å². The molecule has 0 bridgehead atoms. The first-order chi connectivity index (χ1) is 10.5. The van der Waals surface area contributed by atoms with E-state index in [0.717, 1.165) is 32.4 Å². The highest BCUT2D eigenvalue weighted by atomic mass is 35.5. The van der Waals surface area contributed by atoms with Crippen LogP contribution in [0.2, 0.25) is 0 Å². The van der Waals surface area contributed by atoms with E-state index in [4.69, 9.17) is 5.73 Å². The molecular weight excluding hydrogens is 316 g/mol. The number of nitrogens with two attached hydrogens (primary N) is 1. The molecule has 7 heteroatoms. The molecule has 23 heavy (non-hydrogen) atoms. The summed E-state index contributed by atoms with van der Waals surface area (Å²) in [6.07, 6.45) is 3.45. The summed E-state index contributed by atoms with van der Waals surface area (Å²) in [5.74, 6) is 0.927. The van der Waals surface area contributed by atoms with Crippen LogP contribution in [0.25, 0.3) is 0 Å². The second kappa shape index (κ2) is 9.33. The number of urea groups is 1. The summed E-state index contributed by atoms with van der Waals surface area (Å²) in [5.41, 5.74) is 5.86. The number of carbonyl (C=O) groups is 2. The summed E-state index contributed by atoms with van der Waals surface area (Å²) in [5, 5.41) is 2.96. The van der Waals surface area contributed by atoms with Gasteiger partial charge < -0.3 is 20.9 Å². The number of carbonyl (C=O) groups excluding carboxylic acids is 2. The molecule has 2 aliphatic rings. The Morgan fingerprint density at radius 3 is 2.52 bits per heavy atom. The summed E-state index contributed by atoms with van der Waals surface area (Å²) < 4.78 is 0. The van der Waals surface area contributed by atoms with Gasteiger partial charge in [0.2, 0.25) is 5.91 Å². The quantitative estimate of drug-likeness (QED) is 0.808. The maximum absolute atomic E-state index is 12.3. The Hall–Kier alpha value is -1.01. The van der Waals surface area contributed by atoms with Crippen LogP contribution in [0.1, 0.15) is 39.5 Å². The molecule has 0 aromatic carbocycles. The van der Waals surface area contributed by atoms with Crippen LogP contribution in [0.5, 0.6) is 0 Å². The normalized spacial score (nSPS) is 24.5. The fourth-order valence-electron chi connectivity index (χ4n) is 3.21. The van der Waals surface area contributed by atoms with Gasteiger partial charge in [-0.25, -0.2) is 4.79 Å². The Labute approximate surface area is 145 Å². The molecule has 2 aliphatic heterocycles. The van der Waals surface area contributed by atoms with E-state index in [9.17, 15) is 9.59 Å². The van der Waals surface area contributed by atoms with Crippen molar-refractivity contribution in [2.45, 2.75) is 45.6 Å². The molecule has 0 aliphatic carbocycles. The topological polar surface area (TPSA) is 78.7 Å². The van der Waals surface area contributed by atoms with Gasteiger partial charge in [-0.15, -0.1) is 12.4 Å². The highest BCUT2D eigenvalue weighted by Crippen LogP contribution is 2.21. The van der Waals surface area contributed by atoms with Crippen LogP contribution in [-0.2, 0) is 4.79 Å². The van der Waals surface area contributed by atoms with Crippen molar-refractivity contribution >= 4 is 24.3 Å². The number of nitrogens with one attached hydrogen (secondary N) is 1. The number of piperidine rings is 1. The van der Waals surface area contributed by atoms with Crippen molar-refractivity contribution in [3.63, 3.8) is 0 Å². The first-order valence-electron chi connectivity index (χ1n) is 8.52. The molecule has 3 amide bonds. The van der Waals surface area contributed by atoms with Gasteiger partial charge in [-0.3, -0.25) is 4.79 Å². The van der Waals surface area contributed by atoms with Gasteiger partial charge in [0.05, 0.1) is 0 Å². The Morgan fingerprint density at radius 2 is 1.91 bits per heavy atom. The van der Waals surface area contributed by atoms with E-state index in [0.29, 0.717) is 32.0 Å². The summed E-state index contributed by atoms with van der Waals surface area (Å²) in [6, 6.07) is 0.141. The molecule has 0 saturated carbocycles. The van der Waals surface area contributed by atoms with E-state index in [1.807, 2.05) is 9.80 Å². The molecule has 0 aromatic heterocycles. The Balaban J connectivity index is 0.00000264. The molecule has 2 fully saturated rings. The average molecular weight is 347 g/mol. The third-order valence-corrected chi connectivity index (χ3v) is 4.51. The maximum atomic E-state index is 12.3. The number of likely N-dealkylation sites (tertiary alicyclic amines) is 2. The molecule has 134 valence electrons. The third kappa shape index (κ3) is 6.18. The first kappa shape index (κ1) is 20.0. The van der Waals surface area contributed by atoms with Crippen molar-refractivity contribution in [1.29, 1.82) is 0 Å². The van der Waals surface area contributed by atoms with Crippen molar-refractivity contribution in [3.8, 4) is 0 Å². The summed E-state index contributed by atoms with van der Waals surface area (Å²) in [4.78, 5) is 28.2. The summed E-state index contributed by atoms with van der Waals surface area (Å²) >= 11 is 0. The molecule has 2 atom stereocenters. The van der Waals surface area contributed by atoms with E-state index < -0.39 is 0 Å². The molecule has 1 unspecified atom stereocenters. The molecule has 2 heterocycles. The van der Waals surface area contributed by atoms with E-state index in [2.05, 4.69) is 19.2 Å². The predicted octanol–water partition coefficient (Wildman–Crippen LogP) is 1.44. The van der Waals surface area contributed by atoms with Crippen LogP contribution < -0.4 is 11.1 Å². The van der Waals surface area contributed by atoms with E-state index in [-0.39, 0.29) is 36.3 Å². The lowest BCUT2D eigenvalue weighted by Crippen LogP contribution is -2.47. The van der Waals surface area contributed by atoms with Gasteiger partial charge in [0.15, 0.2) is 0 Å². The minimum Gasteiger partial charge on any atom is -0.341 e. The van der Waals surface area contributed by atoms with E-state index in [1.165, 1.54) is 0 Å². The molecule has 0 spiro atoms. The lowest BCUT2D eigenvalue weighted by molar-refractivity contribution is -0.131. The third-order valence-electron chi connectivity index (χ3n) is 4.51. The lowest BCUT2D eigenvalue weighted by atomic mass is 9.94. The van der Waals surface area contributed by atoms with E-state index in [1.54, 1.807) is 0 Å². The van der Waals surface area contributed by atoms with Gasteiger partial charge >= 0.3 is 6.03 Å². The second-order valence-corrected chi connectivity index (χ2v) is 7.13. The van der Waals surface area contributed by atoms with Gasteiger partial charge in [0.1, 0.15) is 0 Å². The van der Waals surface area contributed by atoms with Crippen LogP contribution in [0.4, 0.5) is 4.79 Å². The number of amides is 3. The zero-order valence-electron chi connectivity index (χ0n) is 14.3. The smallest absolute Gasteiger partial charge is 0.317 e. The molecule has 2 rings (SSSR count). The molecule has 0 aromatic rings. The van der Waals surface area contributed by atoms with Gasteiger partial charge in [0.25, 0.3) is 0 Å². The number of nitrogens with zero attached hydrogens (tertiary/aromatic N) is 2. The van der Waals surface area contributed by atoms with Crippen molar-refractivity contribution in [3.05, 3.63) is 0 Å². The van der Waals surface area contributed by atoms with Crippen molar-refractivity contribution in [1.82, 2.24) is 15.1 Å². The fourth-order valence-corrected chi connectivity index (χ4v) is 3.21. The Morgan fingerprint density at radius 1 is 1.17 bits per heavy atom. The van der Waals surface area contributed by atoms with Gasteiger partial charge in [-0.2, -0.15) is 0 Å². The lowest BCUT2D eigenvalue weighted by Gasteiger charge is -2.33. The number of halogens is 1. The molecular formula is C16H31ClN4O2. The van der Waals surface area contributed by atoms with Crippen LogP contribution in [-0.4, -0.2) is 60.5 Å². The number of rotatable bonds is 4. The Bertz CT molecular complexity index is 406. The number of hydrogen-bond acceptors (Lipinski definition) is 3. The SMILES string of the molecule is CC(C)CNC(=O)N1CCCC(CC(=O)N2CC[C@@H](N)C2)C1.Cl. The predicted molar refractivity (Wildman–Crippen MR) is 93.6 cm³/mol. The summed E-state index contributed by atoms with van der Waals surface area (Å²) in [6.45, 7) is 7.82. The monoisotopic (exact) mass is 346 g/mol. The van der Waals surface area contributed by atoms with Crippen molar-refractivity contribution in [2.24, 2.45) is 17.6 Å². The first-order valence-corrected chi connectivity index (χ1v) is 8.52. The molecule has 3 N–H and O–H groups in total. The van der Waals surface area contributed by atoms with Crippen LogP contribution in [0.3, 0.4) is 0 Å². The zero-order chi connectivity index (χ0) is 16.1. The fraction of sp³-hybridized carbons (Fsp3) is 0.875. The minimum absolute atomic E-state index is 0. The second-order valence-electron chi connectivity index (χ2n) is 7.13. The minimum atomic E-state index is 0. The van der Waals surface area contributed by atoms with Gasteiger partial charge in [-0.1, -0.05) is 13.8 Å². The Kier molecular flexibility index (Phi) is 8.12.